The first-order valence-corrected chi connectivity index (χ1v) is 9.92. The van der Waals surface area contributed by atoms with E-state index in [9.17, 15) is 17.6 Å². The Morgan fingerprint density at radius 2 is 1.74 bits per heavy atom. The molecular weight excluding hydrogens is 375 g/mol. The molecule has 0 aliphatic heterocycles. The van der Waals surface area contributed by atoms with Crippen LogP contribution < -0.4 is 19.1 Å². The van der Waals surface area contributed by atoms with E-state index >= 15 is 0 Å². The normalized spacial score (nSPS) is 10.9. The second-order valence-electron chi connectivity index (χ2n) is 5.60. The number of halogens is 1. The van der Waals surface area contributed by atoms with Gasteiger partial charge in [-0.05, 0) is 36.4 Å². The van der Waals surface area contributed by atoms with Crippen molar-refractivity contribution >= 4 is 21.6 Å². The average molecular weight is 396 g/mol. The second-order valence-corrected chi connectivity index (χ2v) is 7.51. The van der Waals surface area contributed by atoms with Crippen LogP contribution in [0.25, 0.3) is 0 Å². The van der Waals surface area contributed by atoms with Crippen LogP contribution in [0, 0.1) is 5.82 Å². The molecule has 2 aromatic rings. The van der Waals surface area contributed by atoms with Crippen LogP contribution in [0.5, 0.6) is 11.5 Å². The third-order valence-electron chi connectivity index (χ3n) is 3.58. The van der Waals surface area contributed by atoms with Gasteiger partial charge in [0, 0.05) is 6.54 Å². The lowest BCUT2D eigenvalue weighted by Crippen LogP contribution is -2.39. The minimum atomic E-state index is -3.58. The molecule has 0 unspecified atom stereocenters. The van der Waals surface area contributed by atoms with Crippen LogP contribution in [0.4, 0.5) is 10.1 Å². The molecule has 0 fully saturated rings. The van der Waals surface area contributed by atoms with Crippen molar-refractivity contribution in [3.05, 3.63) is 54.3 Å². The monoisotopic (exact) mass is 396 g/mol. The molecule has 0 saturated heterocycles. The fraction of sp³-hybridized carbons (Fsp3) is 0.278. The van der Waals surface area contributed by atoms with Gasteiger partial charge >= 0.3 is 0 Å². The molecule has 1 N–H and O–H groups in total. The van der Waals surface area contributed by atoms with Gasteiger partial charge in [-0.15, -0.1) is 0 Å². The maximum Gasteiger partial charge on any atom is 0.258 e. The van der Waals surface area contributed by atoms with Crippen molar-refractivity contribution in [2.75, 3.05) is 37.4 Å². The molecule has 0 radical (unpaired) electrons. The first kappa shape index (κ1) is 20.5. The highest BCUT2D eigenvalue weighted by molar-refractivity contribution is 7.92. The second kappa shape index (κ2) is 9.22. The Balaban J connectivity index is 1.89. The summed E-state index contributed by atoms with van der Waals surface area (Å²) in [4.78, 5) is 11.9. The number of amides is 1. The first-order valence-electron chi connectivity index (χ1n) is 8.07. The standard InChI is InChI=1S/C18H21FN2O5S/c1-25-16-5-3-4-6-17(16)26-13-18(22)20-11-12-21(27(2,23)24)15-9-7-14(19)8-10-15/h3-10H,11-13H2,1-2H3,(H,20,22). The Bertz CT molecular complexity index is 872. The van der Waals surface area contributed by atoms with E-state index in [1.165, 1.54) is 31.4 Å². The third kappa shape index (κ3) is 6.14. The number of hydrogen-bond acceptors (Lipinski definition) is 5. The molecule has 0 saturated carbocycles. The van der Waals surface area contributed by atoms with Gasteiger partial charge in [0.05, 0.1) is 25.6 Å². The molecule has 0 aromatic heterocycles. The van der Waals surface area contributed by atoms with Crippen LogP contribution in [-0.2, 0) is 14.8 Å². The zero-order chi connectivity index (χ0) is 19.9. The molecule has 1 amide bonds. The quantitative estimate of drug-likeness (QED) is 0.699. The molecular formula is C18H21FN2O5S. The third-order valence-corrected chi connectivity index (χ3v) is 4.77. The highest BCUT2D eigenvalue weighted by Gasteiger charge is 2.17. The number of nitrogens with zero attached hydrogens (tertiary/aromatic N) is 1. The SMILES string of the molecule is COc1ccccc1OCC(=O)NCCN(c1ccc(F)cc1)S(C)(=O)=O. The predicted molar refractivity (Wildman–Crippen MR) is 100 cm³/mol. The molecule has 0 heterocycles. The van der Waals surface area contributed by atoms with Crippen LogP contribution >= 0.6 is 0 Å². The highest BCUT2D eigenvalue weighted by atomic mass is 32.2. The fourth-order valence-corrected chi connectivity index (χ4v) is 3.25. The number of rotatable bonds is 9. The number of benzene rings is 2. The Morgan fingerprint density at radius 3 is 2.33 bits per heavy atom. The van der Waals surface area contributed by atoms with Crippen molar-refractivity contribution in [1.29, 1.82) is 0 Å². The number of carbonyl (C=O) groups excluding carboxylic acids is 1. The summed E-state index contributed by atoms with van der Waals surface area (Å²) in [7, 11) is -2.08. The van der Waals surface area contributed by atoms with Gasteiger partial charge in [-0.25, -0.2) is 12.8 Å². The minimum absolute atomic E-state index is 0.00483. The van der Waals surface area contributed by atoms with Gasteiger partial charge in [0.25, 0.3) is 5.91 Å². The van der Waals surface area contributed by atoms with Crippen LogP contribution in [0.3, 0.4) is 0 Å². The fourth-order valence-electron chi connectivity index (χ4n) is 2.32. The number of hydrogen-bond donors (Lipinski definition) is 1. The van der Waals surface area contributed by atoms with Crippen molar-refractivity contribution in [2.24, 2.45) is 0 Å². The molecule has 146 valence electrons. The predicted octanol–water partition coefficient (Wildman–Crippen LogP) is 1.80. The van der Waals surface area contributed by atoms with Gasteiger partial charge in [0.1, 0.15) is 5.82 Å². The lowest BCUT2D eigenvalue weighted by molar-refractivity contribution is -0.123. The Labute approximate surface area is 157 Å². The number of methoxy groups -OCH3 is 1. The molecule has 0 aliphatic carbocycles. The molecule has 0 aliphatic rings. The molecule has 7 nitrogen and oxygen atoms in total. The van der Waals surface area contributed by atoms with Crippen LogP contribution in [0.2, 0.25) is 0 Å². The number of sulfonamides is 1. The summed E-state index contributed by atoms with van der Waals surface area (Å²) >= 11 is 0. The zero-order valence-electron chi connectivity index (χ0n) is 15.0. The van der Waals surface area contributed by atoms with Gasteiger partial charge in [-0.1, -0.05) is 12.1 Å². The Kier molecular flexibility index (Phi) is 7.00. The van der Waals surface area contributed by atoms with E-state index < -0.39 is 21.7 Å². The number of anilines is 1. The van der Waals surface area contributed by atoms with E-state index in [1.807, 2.05) is 0 Å². The lowest BCUT2D eigenvalue weighted by atomic mass is 10.3. The molecule has 9 heteroatoms. The van der Waals surface area contributed by atoms with E-state index in [-0.39, 0.29) is 19.7 Å². The Morgan fingerprint density at radius 1 is 1.11 bits per heavy atom. The first-order chi connectivity index (χ1) is 12.8. The lowest BCUT2D eigenvalue weighted by Gasteiger charge is -2.22. The van der Waals surface area contributed by atoms with E-state index in [0.717, 1.165) is 10.6 Å². The van der Waals surface area contributed by atoms with Gasteiger partial charge in [-0.2, -0.15) is 0 Å². The molecule has 27 heavy (non-hydrogen) atoms. The highest BCUT2D eigenvalue weighted by Crippen LogP contribution is 2.25. The molecule has 2 aromatic carbocycles. The van der Waals surface area contributed by atoms with Crippen LogP contribution in [0.15, 0.2) is 48.5 Å². The van der Waals surface area contributed by atoms with Crippen LogP contribution in [0.1, 0.15) is 0 Å². The largest absolute Gasteiger partial charge is 0.493 e. The summed E-state index contributed by atoms with van der Waals surface area (Å²) in [6, 6.07) is 12.0. The molecule has 2 rings (SSSR count). The maximum absolute atomic E-state index is 13.0. The number of carbonyl (C=O) groups is 1. The number of ether oxygens (including phenoxy) is 2. The maximum atomic E-state index is 13.0. The number of nitrogens with one attached hydrogen (secondary N) is 1. The molecule has 0 bridgehead atoms. The van der Waals surface area contributed by atoms with E-state index in [1.54, 1.807) is 24.3 Å². The van der Waals surface area contributed by atoms with Crippen molar-refractivity contribution < 1.29 is 27.1 Å². The molecule has 0 atom stereocenters. The van der Waals surface area contributed by atoms with Crippen molar-refractivity contribution in [2.45, 2.75) is 0 Å². The minimum Gasteiger partial charge on any atom is -0.493 e. The zero-order valence-corrected chi connectivity index (χ0v) is 15.8. The number of para-hydroxylation sites is 2. The summed E-state index contributed by atoms with van der Waals surface area (Å²) in [6.07, 6.45) is 1.04. The van der Waals surface area contributed by atoms with Gasteiger partial charge in [0.15, 0.2) is 18.1 Å². The van der Waals surface area contributed by atoms with E-state index in [0.29, 0.717) is 17.2 Å². The van der Waals surface area contributed by atoms with Gasteiger partial charge in [0.2, 0.25) is 10.0 Å². The van der Waals surface area contributed by atoms with Crippen LogP contribution in [-0.4, -0.2) is 47.4 Å². The molecule has 0 spiro atoms. The smallest absolute Gasteiger partial charge is 0.258 e. The van der Waals surface area contributed by atoms with Crippen molar-refractivity contribution in [3.63, 3.8) is 0 Å². The van der Waals surface area contributed by atoms with Gasteiger partial charge in [-0.3, -0.25) is 9.10 Å². The summed E-state index contributed by atoms with van der Waals surface area (Å²) in [5.74, 6) is 0.0616. The summed E-state index contributed by atoms with van der Waals surface area (Å²) in [5, 5.41) is 2.59. The Hall–Kier alpha value is -2.81. The van der Waals surface area contributed by atoms with E-state index in [2.05, 4.69) is 5.32 Å². The van der Waals surface area contributed by atoms with Crippen molar-refractivity contribution in [3.8, 4) is 11.5 Å². The average Bonchev–Trinajstić information content (AvgIpc) is 2.64. The van der Waals surface area contributed by atoms with Gasteiger partial charge < -0.3 is 14.8 Å². The van der Waals surface area contributed by atoms with E-state index in [4.69, 9.17) is 9.47 Å². The summed E-state index contributed by atoms with van der Waals surface area (Å²) in [5.41, 5.74) is 0.318. The summed E-state index contributed by atoms with van der Waals surface area (Å²) in [6.45, 7) is -0.167. The topological polar surface area (TPSA) is 84.9 Å². The van der Waals surface area contributed by atoms with Crippen molar-refractivity contribution in [1.82, 2.24) is 5.32 Å². The summed E-state index contributed by atoms with van der Waals surface area (Å²) < 4.78 is 48.6.